The van der Waals surface area contributed by atoms with Crippen LogP contribution in [-0.4, -0.2) is 45.2 Å². The van der Waals surface area contributed by atoms with E-state index in [9.17, 15) is 19.8 Å². The van der Waals surface area contributed by atoms with E-state index in [-0.39, 0.29) is 67.3 Å². The van der Waals surface area contributed by atoms with Crippen LogP contribution in [0.4, 0.5) is 0 Å². The number of carbonyl (C=O) groups is 2. The maximum atomic E-state index is 12.2. The van der Waals surface area contributed by atoms with Gasteiger partial charge in [-0.15, -0.1) is 0 Å². The van der Waals surface area contributed by atoms with Gasteiger partial charge in [0.15, 0.2) is 0 Å². The van der Waals surface area contributed by atoms with Gasteiger partial charge < -0.3 is 20.4 Å². The van der Waals surface area contributed by atoms with Crippen molar-refractivity contribution in [3.8, 4) is 11.5 Å². The van der Waals surface area contributed by atoms with Crippen LogP contribution >= 0.6 is 0 Å². The van der Waals surface area contributed by atoms with Crippen LogP contribution in [0.2, 0.25) is 0 Å². The first-order chi connectivity index (χ1) is 15.9. The van der Waals surface area contributed by atoms with Gasteiger partial charge in [0.2, 0.25) is 0 Å². The second kappa shape index (κ2) is 11.6. The van der Waals surface area contributed by atoms with Crippen LogP contribution in [0.5, 0.6) is 11.5 Å². The van der Waals surface area contributed by atoms with Gasteiger partial charge in [0.05, 0.1) is 11.1 Å². The zero-order valence-electron chi connectivity index (χ0n) is 24.5. The Labute approximate surface area is 238 Å². The SMILES string of the molecule is CC(C)(C)c1cc(C(=O)O)c([O-])c(C(C)(C)C)c1.CC(C)(C)c1cc(C(=O)O)c([O-])c(C(C)(C)C)c1.[Mg+2]. The minimum absolute atomic E-state index is 0. The van der Waals surface area contributed by atoms with Crippen molar-refractivity contribution in [1.82, 2.24) is 0 Å². The van der Waals surface area contributed by atoms with E-state index >= 15 is 0 Å². The smallest absolute Gasteiger partial charge is 0.872 e. The second-order valence-corrected chi connectivity index (χ2v) is 13.4. The Bertz CT molecular complexity index is 1050. The maximum Gasteiger partial charge on any atom is 2.00 e. The van der Waals surface area contributed by atoms with Crippen LogP contribution in [0.1, 0.15) is 126 Å². The Hall–Kier alpha value is -2.25. The first-order valence-corrected chi connectivity index (χ1v) is 12.1. The molecule has 0 spiro atoms. The number of rotatable bonds is 2. The number of carboxylic acid groups (broad SMARTS) is 2. The van der Waals surface area contributed by atoms with Crippen LogP contribution in [0.3, 0.4) is 0 Å². The van der Waals surface area contributed by atoms with E-state index < -0.39 is 11.9 Å². The molecule has 0 aliphatic heterocycles. The fraction of sp³-hybridized carbons (Fsp3) is 0.533. The van der Waals surface area contributed by atoms with E-state index in [1.165, 1.54) is 12.1 Å². The Kier molecular flexibility index (Phi) is 10.9. The molecule has 0 fully saturated rings. The fourth-order valence-corrected chi connectivity index (χ4v) is 3.56. The summed E-state index contributed by atoms with van der Waals surface area (Å²) >= 11 is 0. The molecule has 0 amide bonds. The van der Waals surface area contributed by atoms with Crippen molar-refractivity contribution in [3.63, 3.8) is 0 Å². The Balaban J connectivity index is 0.000000682. The van der Waals surface area contributed by atoms with Gasteiger partial charge in [0, 0.05) is 0 Å². The summed E-state index contributed by atoms with van der Waals surface area (Å²) in [5.41, 5.74) is 1.54. The molecule has 0 radical (unpaired) electrons. The molecule has 2 rings (SSSR count). The van der Waals surface area contributed by atoms with Gasteiger partial charge in [0.25, 0.3) is 0 Å². The minimum Gasteiger partial charge on any atom is -0.872 e. The molecule has 200 valence electrons. The van der Waals surface area contributed by atoms with Crippen LogP contribution in [0.15, 0.2) is 24.3 Å². The third-order valence-electron chi connectivity index (χ3n) is 5.99. The van der Waals surface area contributed by atoms with Gasteiger partial charge >= 0.3 is 35.0 Å². The molecule has 0 unspecified atom stereocenters. The number of hydrogen-bond donors (Lipinski definition) is 2. The summed E-state index contributed by atoms with van der Waals surface area (Å²) in [6.07, 6.45) is 0. The number of hydrogen-bond acceptors (Lipinski definition) is 4. The van der Waals surface area contributed by atoms with Gasteiger partial charge in [-0.1, -0.05) is 107 Å². The van der Waals surface area contributed by atoms with Crippen LogP contribution in [-0.2, 0) is 21.7 Å². The molecule has 2 N–H and O–H groups in total. The predicted octanol–water partition coefficient (Wildman–Crippen LogP) is 5.73. The van der Waals surface area contributed by atoms with Crippen molar-refractivity contribution in [2.75, 3.05) is 0 Å². The van der Waals surface area contributed by atoms with Crippen molar-refractivity contribution in [2.24, 2.45) is 0 Å². The largest absolute Gasteiger partial charge is 2.00 e. The molecule has 0 atom stereocenters. The predicted molar refractivity (Wildman–Crippen MR) is 146 cm³/mol. The number of benzene rings is 2. The average molecular weight is 523 g/mol. The summed E-state index contributed by atoms with van der Waals surface area (Å²) in [6, 6.07) is 6.68. The van der Waals surface area contributed by atoms with Crippen molar-refractivity contribution >= 4 is 35.0 Å². The number of carboxylic acids is 2. The average Bonchev–Trinajstić information content (AvgIpc) is 2.64. The Morgan fingerprint density at radius 1 is 0.541 bits per heavy atom. The number of aromatic carboxylic acids is 2. The molecule has 0 aliphatic rings. The van der Waals surface area contributed by atoms with Gasteiger partial charge in [0.1, 0.15) is 0 Å². The molecule has 0 heterocycles. The molecule has 2 aromatic rings. The van der Waals surface area contributed by atoms with Crippen LogP contribution in [0.25, 0.3) is 0 Å². The first-order valence-electron chi connectivity index (χ1n) is 12.1. The fourth-order valence-electron chi connectivity index (χ4n) is 3.56. The first kappa shape index (κ1) is 34.7. The van der Waals surface area contributed by atoms with Crippen LogP contribution < -0.4 is 10.2 Å². The molecule has 0 aromatic heterocycles. The van der Waals surface area contributed by atoms with Gasteiger partial charge in [-0.2, -0.15) is 0 Å². The van der Waals surface area contributed by atoms with E-state index in [0.29, 0.717) is 11.1 Å². The van der Waals surface area contributed by atoms with Gasteiger partial charge in [-0.25, -0.2) is 9.59 Å². The van der Waals surface area contributed by atoms with E-state index in [2.05, 4.69) is 0 Å². The molecule has 6 nitrogen and oxygen atoms in total. The standard InChI is InChI=1S/2C15H22O3.Mg/c2*1-14(2,3)9-7-10(13(17)18)12(16)11(8-9)15(4,5)6;/h2*7-8,16H,1-6H3,(H,17,18);/q;;+2/p-2. The molecule has 0 saturated heterocycles. The quantitative estimate of drug-likeness (QED) is 0.486. The molecular formula is C30H42MgO6. The molecule has 7 heteroatoms. The summed E-state index contributed by atoms with van der Waals surface area (Å²) in [6.45, 7) is 23.5. The summed E-state index contributed by atoms with van der Waals surface area (Å²) in [5, 5.41) is 42.6. The topological polar surface area (TPSA) is 121 Å². The van der Waals surface area contributed by atoms with Gasteiger partial charge in [-0.3, -0.25) is 0 Å². The van der Waals surface area contributed by atoms with Crippen molar-refractivity contribution in [3.05, 3.63) is 57.6 Å². The maximum absolute atomic E-state index is 12.2. The monoisotopic (exact) mass is 522 g/mol. The summed E-state index contributed by atoms with van der Waals surface area (Å²) < 4.78 is 0. The van der Waals surface area contributed by atoms with Crippen molar-refractivity contribution in [1.29, 1.82) is 0 Å². The van der Waals surface area contributed by atoms with E-state index in [1.807, 2.05) is 95.2 Å². The van der Waals surface area contributed by atoms with Gasteiger partial charge in [-0.05, 0) is 56.0 Å². The zero-order valence-corrected chi connectivity index (χ0v) is 26.0. The zero-order chi connectivity index (χ0) is 28.6. The molecule has 0 saturated carbocycles. The van der Waals surface area contributed by atoms with Crippen molar-refractivity contribution in [2.45, 2.75) is 105 Å². The molecule has 0 aliphatic carbocycles. The Morgan fingerprint density at radius 3 is 0.946 bits per heavy atom. The molecule has 37 heavy (non-hydrogen) atoms. The summed E-state index contributed by atoms with van der Waals surface area (Å²) in [5.74, 6) is -3.06. The minimum atomic E-state index is -1.16. The van der Waals surface area contributed by atoms with E-state index in [0.717, 1.165) is 11.1 Å². The van der Waals surface area contributed by atoms with Crippen LogP contribution in [0, 0.1) is 0 Å². The van der Waals surface area contributed by atoms with Crippen molar-refractivity contribution < 1.29 is 30.0 Å². The Morgan fingerprint density at radius 2 is 0.784 bits per heavy atom. The molecule has 0 bridgehead atoms. The van der Waals surface area contributed by atoms with E-state index in [4.69, 9.17) is 10.2 Å². The third-order valence-corrected chi connectivity index (χ3v) is 5.99. The summed E-state index contributed by atoms with van der Waals surface area (Å²) in [4.78, 5) is 22.4. The third kappa shape index (κ3) is 8.92. The molecular weight excluding hydrogens is 481 g/mol. The molecule has 2 aromatic carbocycles. The second-order valence-electron chi connectivity index (χ2n) is 13.4. The van der Waals surface area contributed by atoms with E-state index in [1.54, 1.807) is 0 Å². The summed E-state index contributed by atoms with van der Waals surface area (Å²) in [7, 11) is 0. The normalized spacial score (nSPS) is 12.2.